The van der Waals surface area contributed by atoms with Crippen LogP contribution in [0, 0.1) is 11.7 Å². The monoisotopic (exact) mass is 346 g/mol. The largest absolute Gasteiger partial charge is 0.342 e. The lowest BCUT2D eigenvalue weighted by molar-refractivity contribution is -0.134. The highest BCUT2D eigenvalue weighted by Gasteiger charge is 2.32. The van der Waals surface area contributed by atoms with E-state index < -0.39 is 0 Å². The molecule has 2 aromatic rings. The fourth-order valence-corrected chi connectivity index (χ4v) is 4.27. The van der Waals surface area contributed by atoms with Crippen molar-refractivity contribution in [3.05, 3.63) is 52.2 Å². The minimum Gasteiger partial charge on any atom is -0.342 e. The Labute approximate surface area is 146 Å². The highest BCUT2D eigenvalue weighted by Crippen LogP contribution is 2.32. The molecule has 0 spiro atoms. The van der Waals surface area contributed by atoms with Crippen molar-refractivity contribution in [1.29, 1.82) is 0 Å². The molecule has 1 saturated heterocycles. The number of benzene rings is 1. The normalized spacial score (nSPS) is 17.2. The minimum absolute atomic E-state index is 0.161. The van der Waals surface area contributed by atoms with Crippen LogP contribution in [0.1, 0.15) is 49.1 Å². The molecule has 3 nitrogen and oxygen atoms in total. The second kappa shape index (κ2) is 7.43. The fraction of sp³-hybridized carbons (Fsp3) is 0.474. The summed E-state index contributed by atoms with van der Waals surface area (Å²) in [5.74, 6) is 0.339. The molecule has 1 atom stereocenters. The van der Waals surface area contributed by atoms with E-state index in [0.29, 0.717) is 5.92 Å². The summed E-state index contributed by atoms with van der Waals surface area (Å²) in [4.78, 5) is 19.4. The zero-order chi connectivity index (χ0) is 17.1. The lowest BCUT2D eigenvalue weighted by Crippen LogP contribution is -2.41. The topological polar surface area (TPSA) is 33.2 Å². The lowest BCUT2D eigenvalue weighted by atomic mass is 9.86. The molecule has 1 unspecified atom stereocenters. The molecule has 0 aliphatic carbocycles. The van der Waals surface area contributed by atoms with Crippen LogP contribution in [0.3, 0.4) is 0 Å². The molecule has 0 radical (unpaired) electrons. The summed E-state index contributed by atoms with van der Waals surface area (Å²) in [6.45, 7) is 5.64. The Morgan fingerprint density at radius 3 is 2.46 bits per heavy atom. The predicted molar refractivity (Wildman–Crippen MR) is 94.6 cm³/mol. The number of likely N-dealkylation sites (tertiary alicyclic amines) is 1. The molecule has 1 aliphatic heterocycles. The van der Waals surface area contributed by atoms with Crippen LogP contribution in [0.15, 0.2) is 35.8 Å². The van der Waals surface area contributed by atoms with Crippen molar-refractivity contribution >= 4 is 17.2 Å². The highest BCUT2D eigenvalue weighted by atomic mass is 32.1. The Bertz CT molecular complexity index is 661. The third-order valence-corrected chi connectivity index (χ3v) is 5.71. The van der Waals surface area contributed by atoms with Crippen molar-refractivity contribution in [2.45, 2.75) is 38.5 Å². The van der Waals surface area contributed by atoms with Crippen molar-refractivity contribution in [2.24, 2.45) is 5.92 Å². The van der Waals surface area contributed by atoms with Gasteiger partial charge in [-0.05, 0) is 36.5 Å². The fourth-order valence-electron chi connectivity index (χ4n) is 3.46. The van der Waals surface area contributed by atoms with Crippen LogP contribution in [-0.2, 0) is 4.79 Å². The second-order valence-electron chi connectivity index (χ2n) is 6.74. The average Bonchev–Trinajstić information content (AvgIpc) is 3.11. The molecule has 1 aromatic carbocycles. The average molecular weight is 346 g/mol. The van der Waals surface area contributed by atoms with Gasteiger partial charge >= 0.3 is 0 Å². The first-order valence-corrected chi connectivity index (χ1v) is 9.38. The summed E-state index contributed by atoms with van der Waals surface area (Å²) in [5, 5.41) is 3.19. The Hall–Kier alpha value is -1.75. The molecule has 0 bridgehead atoms. The molecule has 1 aliphatic rings. The number of piperidine rings is 1. The summed E-state index contributed by atoms with van der Waals surface area (Å²) in [5.41, 5.74) is 0.901. The Balaban J connectivity index is 1.69. The van der Waals surface area contributed by atoms with Gasteiger partial charge in [-0.2, -0.15) is 0 Å². The van der Waals surface area contributed by atoms with Gasteiger partial charge in [-0.15, -0.1) is 11.3 Å². The number of thiazole rings is 1. The van der Waals surface area contributed by atoms with Crippen LogP contribution in [0.4, 0.5) is 4.39 Å². The van der Waals surface area contributed by atoms with E-state index >= 15 is 0 Å². The molecule has 2 heterocycles. The van der Waals surface area contributed by atoms with E-state index in [1.54, 1.807) is 23.5 Å². The van der Waals surface area contributed by atoms with Gasteiger partial charge in [-0.1, -0.05) is 26.0 Å². The van der Waals surface area contributed by atoms with E-state index in [9.17, 15) is 9.18 Å². The molecular formula is C19H23FN2OS. The molecule has 24 heavy (non-hydrogen) atoms. The predicted octanol–water partition coefficient (Wildman–Crippen LogP) is 4.43. The van der Waals surface area contributed by atoms with Crippen molar-refractivity contribution in [3.8, 4) is 0 Å². The van der Waals surface area contributed by atoms with E-state index in [0.717, 1.165) is 31.5 Å². The standard InChI is InChI=1S/C19H23FN2OS/c1-13(2)17(14-3-5-16(20)6-4-14)19(23)22-10-7-15(8-11-22)18-21-9-12-24-18/h3-6,9,12-13,15,17H,7-8,10-11H2,1-2H3. The third kappa shape index (κ3) is 3.66. The number of rotatable bonds is 4. The number of aromatic nitrogens is 1. The van der Waals surface area contributed by atoms with Gasteiger partial charge in [0.25, 0.3) is 0 Å². The number of hydrogen-bond donors (Lipinski definition) is 0. The van der Waals surface area contributed by atoms with Crippen molar-refractivity contribution in [1.82, 2.24) is 9.88 Å². The van der Waals surface area contributed by atoms with E-state index in [1.807, 2.05) is 30.3 Å². The summed E-state index contributed by atoms with van der Waals surface area (Å²) in [7, 11) is 0. The van der Waals surface area contributed by atoms with Crippen LogP contribution < -0.4 is 0 Å². The number of halogens is 1. The van der Waals surface area contributed by atoms with Crippen LogP contribution in [0.5, 0.6) is 0 Å². The van der Waals surface area contributed by atoms with Gasteiger partial charge in [0.15, 0.2) is 0 Å². The first-order chi connectivity index (χ1) is 11.6. The SMILES string of the molecule is CC(C)C(C(=O)N1CCC(c2nccs2)CC1)c1ccc(F)cc1. The number of amides is 1. The summed E-state index contributed by atoms with van der Waals surface area (Å²) >= 11 is 1.70. The molecular weight excluding hydrogens is 323 g/mol. The van der Waals surface area contributed by atoms with Crippen molar-refractivity contribution in [2.75, 3.05) is 13.1 Å². The summed E-state index contributed by atoms with van der Waals surface area (Å²) in [6, 6.07) is 6.35. The quantitative estimate of drug-likeness (QED) is 0.820. The number of carbonyl (C=O) groups is 1. The lowest BCUT2D eigenvalue weighted by Gasteiger charge is -2.35. The van der Waals surface area contributed by atoms with Crippen LogP contribution in [0.25, 0.3) is 0 Å². The molecule has 1 fully saturated rings. The third-order valence-electron chi connectivity index (χ3n) is 4.77. The van der Waals surface area contributed by atoms with Crippen molar-refractivity contribution in [3.63, 3.8) is 0 Å². The van der Waals surface area contributed by atoms with Gasteiger partial charge in [-0.25, -0.2) is 9.37 Å². The molecule has 5 heteroatoms. The van der Waals surface area contributed by atoms with Gasteiger partial charge in [0.05, 0.1) is 10.9 Å². The Morgan fingerprint density at radius 2 is 1.92 bits per heavy atom. The van der Waals surface area contributed by atoms with E-state index in [1.165, 1.54) is 17.1 Å². The van der Waals surface area contributed by atoms with E-state index in [-0.39, 0.29) is 23.6 Å². The molecule has 3 rings (SSSR count). The first-order valence-electron chi connectivity index (χ1n) is 8.50. The molecule has 0 N–H and O–H groups in total. The van der Waals surface area contributed by atoms with E-state index in [4.69, 9.17) is 0 Å². The highest BCUT2D eigenvalue weighted by molar-refractivity contribution is 7.09. The second-order valence-corrected chi connectivity index (χ2v) is 7.67. The number of carbonyl (C=O) groups excluding carboxylic acids is 1. The van der Waals surface area contributed by atoms with Gasteiger partial charge < -0.3 is 4.90 Å². The maximum Gasteiger partial charge on any atom is 0.230 e. The van der Waals surface area contributed by atoms with E-state index in [2.05, 4.69) is 4.98 Å². The zero-order valence-corrected chi connectivity index (χ0v) is 14.9. The Kier molecular flexibility index (Phi) is 5.29. The van der Waals surface area contributed by atoms with Gasteiger partial charge in [0.2, 0.25) is 5.91 Å². The van der Waals surface area contributed by atoms with Gasteiger partial charge in [0, 0.05) is 30.6 Å². The maximum absolute atomic E-state index is 13.2. The smallest absolute Gasteiger partial charge is 0.230 e. The van der Waals surface area contributed by atoms with Gasteiger partial charge in [0.1, 0.15) is 5.82 Å². The van der Waals surface area contributed by atoms with Crippen LogP contribution in [0.2, 0.25) is 0 Å². The first kappa shape index (κ1) is 17.1. The number of nitrogens with zero attached hydrogens (tertiary/aromatic N) is 2. The summed E-state index contributed by atoms with van der Waals surface area (Å²) < 4.78 is 13.2. The van der Waals surface area contributed by atoms with Crippen molar-refractivity contribution < 1.29 is 9.18 Å². The summed E-state index contributed by atoms with van der Waals surface area (Å²) in [6.07, 6.45) is 3.78. The van der Waals surface area contributed by atoms with Crippen LogP contribution in [-0.4, -0.2) is 28.9 Å². The molecule has 0 saturated carbocycles. The Morgan fingerprint density at radius 1 is 1.25 bits per heavy atom. The van der Waals surface area contributed by atoms with Gasteiger partial charge in [-0.3, -0.25) is 4.79 Å². The van der Waals surface area contributed by atoms with Crippen LogP contribution >= 0.6 is 11.3 Å². The maximum atomic E-state index is 13.2. The molecule has 1 amide bonds. The minimum atomic E-state index is -0.266. The number of hydrogen-bond acceptors (Lipinski definition) is 3. The molecule has 1 aromatic heterocycles. The zero-order valence-electron chi connectivity index (χ0n) is 14.1. The molecule has 128 valence electrons.